The summed E-state index contributed by atoms with van der Waals surface area (Å²) >= 11 is 0. The monoisotopic (exact) mass is 251 g/mol. The van der Waals surface area contributed by atoms with Crippen LogP contribution in [0, 0.1) is 6.92 Å². The number of nitrogens with two attached hydrogens (primary N) is 1. The molecule has 0 aromatic carbocycles. The predicted molar refractivity (Wildman–Crippen MR) is 73.4 cm³/mol. The van der Waals surface area contributed by atoms with Crippen molar-refractivity contribution in [3.8, 4) is 0 Å². The molecule has 0 aliphatic rings. The van der Waals surface area contributed by atoms with Crippen molar-refractivity contribution in [2.24, 2.45) is 5.73 Å². The number of aryl methyl sites for hydroxylation is 1. The summed E-state index contributed by atoms with van der Waals surface area (Å²) in [5, 5.41) is 0. The zero-order chi connectivity index (χ0) is 13.8. The molecule has 0 bridgehead atoms. The van der Waals surface area contributed by atoms with Crippen molar-refractivity contribution in [2.45, 2.75) is 58.6 Å². The largest absolute Gasteiger partial charge is 0.370 e. The molecule has 0 saturated heterocycles. The van der Waals surface area contributed by atoms with Crippen LogP contribution >= 0.6 is 0 Å². The van der Waals surface area contributed by atoms with Gasteiger partial charge in [-0.3, -0.25) is 0 Å². The van der Waals surface area contributed by atoms with E-state index >= 15 is 0 Å². The van der Waals surface area contributed by atoms with Crippen LogP contribution in [0.25, 0.3) is 0 Å². The molecule has 1 heterocycles. The van der Waals surface area contributed by atoms with Crippen LogP contribution in [0.1, 0.15) is 50.8 Å². The van der Waals surface area contributed by atoms with E-state index < -0.39 is 0 Å². The maximum atomic E-state index is 5.84. The summed E-state index contributed by atoms with van der Waals surface area (Å²) in [6.07, 6.45) is 2.49. The zero-order valence-electron chi connectivity index (χ0n) is 12.2. The Morgan fingerprint density at radius 3 is 2.39 bits per heavy atom. The van der Waals surface area contributed by atoms with Gasteiger partial charge in [-0.15, -0.1) is 0 Å². The van der Waals surface area contributed by atoms with Gasteiger partial charge in [0.15, 0.2) is 5.82 Å². The molecule has 1 unspecified atom stereocenters. The second-order valence-corrected chi connectivity index (χ2v) is 4.91. The van der Waals surface area contributed by atoms with E-state index in [4.69, 9.17) is 10.5 Å². The van der Waals surface area contributed by atoms with Gasteiger partial charge in [0.1, 0.15) is 5.60 Å². The minimum atomic E-state index is -0.376. The first-order valence-corrected chi connectivity index (χ1v) is 6.63. The lowest BCUT2D eigenvalue weighted by Crippen LogP contribution is -2.30. The Kier molecular flexibility index (Phi) is 5.23. The molecule has 102 valence electrons. The molecule has 1 aromatic rings. The van der Waals surface area contributed by atoms with Crippen LogP contribution < -0.4 is 5.73 Å². The van der Waals surface area contributed by atoms with Crippen LogP contribution in [0.2, 0.25) is 0 Å². The highest BCUT2D eigenvalue weighted by Gasteiger charge is 2.31. The molecule has 0 saturated carbocycles. The van der Waals surface area contributed by atoms with Gasteiger partial charge in [0.2, 0.25) is 0 Å². The van der Waals surface area contributed by atoms with Gasteiger partial charge in [0.25, 0.3) is 0 Å². The number of aromatic nitrogens is 2. The molecule has 0 amide bonds. The molecule has 1 aromatic heterocycles. The molecular formula is C14H25N3O. The van der Waals surface area contributed by atoms with Crippen LogP contribution in [0.3, 0.4) is 0 Å². The summed E-state index contributed by atoms with van der Waals surface area (Å²) in [4.78, 5) is 9.19. The van der Waals surface area contributed by atoms with Crippen molar-refractivity contribution in [3.63, 3.8) is 0 Å². The molecule has 0 spiro atoms. The van der Waals surface area contributed by atoms with Gasteiger partial charge in [0.05, 0.1) is 0 Å². The third-order valence-electron chi connectivity index (χ3n) is 3.38. The molecule has 0 radical (unpaired) electrons. The Morgan fingerprint density at radius 2 is 1.94 bits per heavy atom. The fourth-order valence-electron chi connectivity index (χ4n) is 2.22. The standard InChI is InChI=1S/C14H25N3O/c1-6-14(7-2,18-5)13-16-11(4)9-12(17-13)8-10(3)15/h9-10H,6-8,15H2,1-5H3. The highest BCUT2D eigenvalue weighted by atomic mass is 16.5. The Labute approximate surface area is 110 Å². The fourth-order valence-corrected chi connectivity index (χ4v) is 2.22. The van der Waals surface area contributed by atoms with E-state index in [0.717, 1.165) is 36.5 Å². The number of methoxy groups -OCH3 is 1. The van der Waals surface area contributed by atoms with Crippen molar-refractivity contribution in [1.29, 1.82) is 0 Å². The number of hydrogen-bond donors (Lipinski definition) is 1. The van der Waals surface area contributed by atoms with Crippen molar-refractivity contribution in [1.82, 2.24) is 9.97 Å². The van der Waals surface area contributed by atoms with Crippen LogP contribution in [0.5, 0.6) is 0 Å². The third kappa shape index (κ3) is 3.27. The summed E-state index contributed by atoms with van der Waals surface area (Å²) in [6, 6.07) is 2.10. The second kappa shape index (κ2) is 6.25. The highest BCUT2D eigenvalue weighted by Crippen LogP contribution is 2.30. The van der Waals surface area contributed by atoms with Crippen molar-refractivity contribution < 1.29 is 4.74 Å². The Bertz CT molecular complexity index is 378. The van der Waals surface area contributed by atoms with E-state index in [-0.39, 0.29) is 11.6 Å². The fraction of sp³-hybridized carbons (Fsp3) is 0.714. The highest BCUT2D eigenvalue weighted by molar-refractivity contribution is 5.15. The van der Waals surface area contributed by atoms with Gasteiger partial charge < -0.3 is 10.5 Å². The second-order valence-electron chi connectivity index (χ2n) is 4.91. The average Bonchev–Trinajstić information content (AvgIpc) is 2.30. The number of hydrogen-bond acceptors (Lipinski definition) is 4. The van der Waals surface area contributed by atoms with Gasteiger partial charge >= 0.3 is 0 Å². The first kappa shape index (κ1) is 15.1. The minimum Gasteiger partial charge on any atom is -0.370 e. The summed E-state index contributed by atoms with van der Waals surface area (Å²) < 4.78 is 5.68. The SMILES string of the molecule is CCC(CC)(OC)c1nc(C)cc(CC(C)N)n1. The zero-order valence-corrected chi connectivity index (χ0v) is 12.2. The van der Waals surface area contributed by atoms with E-state index in [2.05, 4.69) is 23.8 Å². The first-order valence-electron chi connectivity index (χ1n) is 6.63. The molecule has 2 N–H and O–H groups in total. The van der Waals surface area contributed by atoms with E-state index in [0.29, 0.717) is 0 Å². The minimum absolute atomic E-state index is 0.104. The summed E-state index contributed by atoms with van der Waals surface area (Å²) in [7, 11) is 1.73. The van der Waals surface area contributed by atoms with Crippen LogP contribution in [0.15, 0.2) is 6.07 Å². The van der Waals surface area contributed by atoms with E-state index in [9.17, 15) is 0 Å². The molecule has 4 nitrogen and oxygen atoms in total. The van der Waals surface area contributed by atoms with E-state index in [1.165, 1.54) is 0 Å². The molecule has 1 rings (SSSR count). The van der Waals surface area contributed by atoms with Gasteiger partial charge in [0, 0.05) is 31.0 Å². The lowest BCUT2D eigenvalue weighted by Gasteiger charge is -2.29. The number of nitrogens with zero attached hydrogens (tertiary/aromatic N) is 2. The van der Waals surface area contributed by atoms with Crippen molar-refractivity contribution in [2.75, 3.05) is 7.11 Å². The van der Waals surface area contributed by atoms with Gasteiger partial charge in [-0.2, -0.15) is 0 Å². The Morgan fingerprint density at radius 1 is 1.33 bits per heavy atom. The van der Waals surface area contributed by atoms with Gasteiger partial charge in [-0.1, -0.05) is 13.8 Å². The first-order chi connectivity index (χ1) is 8.47. The average molecular weight is 251 g/mol. The van der Waals surface area contributed by atoms with E-state index in [1.54, 1.807) is 7.11 Å². The topological polar surface area (TPSA) is 61.0 Å². The number of rotatable bonds is 6. The molecule has 1 atom stereocenters. The lowest BCUT2D eigenvalue weighted by atomic mass is 9.95. The van der Waals surface area contributed by atoms with Crippen LogP contribution in [-0.2, 0) is 16.8 Å². The molecule has 4 heteroatoms. The van der Waals surface area contributed by atoms with Crippen molar-refractivity contribution >= 4 is 0 Å². The van der Waals surface area contributed by atoms with Crippen LogP contribution in [-0.4, -0.2) is 23.1 Å². The molecule has 0 aliphatic heterocycles. The molecule has 0 fully saturated rings. The van der Waals surface area contributed by atoms with Crippen molar-refractivity contribution in [3.05, 3.63) is 23.3 Å². The summed E-state index contributed by atoms with van der Waals surface area (Å²) in [5.74, 6) is 0.783. The smallest absolute Gasteiger partial charge is 0.160 e. The Balaban J connectivity index is 3.18. The molecule has 18 heavy (non-hydrogen) atoms. The summed E-state index contributed by atoms with van der Waals surface area (Å²) in [5.41, 5.74) is 7.43. The maximum absolute atomic E-state index is 5.84. The molecule has 0 aliphatic carbocycles. The Hall–Kier alpha value is -1.00. The number of ether oxygens (including phenoxy) is 1. The van der Waals surface area contributed by atoms with Crippen LogP contribution in [0.4, 0.5) is 0 Å². The van der Waals surface area contributed by atoms with Gasteiger partial charge in [-0.25, -0.2) is 9.97 Å². The molecular weight excluding hydrogens is 226 g/mol. The van der Waals surface area contributed by atoms with E-state index in [1.807, 2.05) is 19.9 Å². The maximum Gasteiger partial charge on any atom is 0.160 e. The third-order valence-corrected chi connectivity index (χ3v) is 3.38. The summed E-state index contributed by atoms with van der Waals surface area (Å²) in [6.45, 7) is 8.18. The normalized spacial score (nSPS) is 13.7. The quantitative estimate of drug-likeness (QED) is 0.843. The van der Waals surface area contributed by atoms with Gasteiger partial charge in [-0.05, 0) is 32.8 Å². The predicted octanol–water partition coefficient (Wildman–Crippen LogP) is 2.34. The lowest BCUT2D eigenvalue weighted by molar-refractivity contribution is -0.0294.